The summed E-state index contributed by atoms with van der Waals surface area (Å²) in [6.45, 7) is 0.919. The molecule has 0 aliphatic carbocycles. The van der Waals surface area contributed by atoms with Gasteiger partial charge in [0.2, 0.25) is 9.04 Å². The van der Waals surface area contributed by atoms with Crippen molar-refractivity contribution >= 4 is 19.9 Å². The van der Waals surface area contributed by atoms with E-state index in [1.54, 1.807) is 0 Å². The number of nitrogens with two attached hydrogens (primary N) is 1. The van der Waals surface area contributed by atoms with E-state index in [4.69, 9.17) is 10.2 Å². The lowest BCUT2D eigenvalue weighted by molar-refractivity contribution is 0.295. The summed E-state index contributed by atoms with van der Waals surface area (Å²) in [6.07, 6.45) is 2.50. The van der Waals surface area contributed by atoms with Crippen LogP contribution in [0.1, 0.15) is 12.8 Å². The lowest BCUT2D eigenvalue weighted by Crippen LogP contribution is -2.37. The molecule has 0 saturated carbocycles. The van der Waals surface area contributed by atoms with Crippen LogP contribution in [0, 0.1) is 0 Å². The first kappa shape index (κ1) is 8.78. The van der Waals surface area contributed by atoms with Gasteiger partial charge < -0.3 is 10.2 Å². The van der Waals surface area contributed by atoms with Gasteiger partial charge in [-0.25, -0.2) is 0 Å². The van der Waals surface area contributed by atoms with Gasteiger partial charge in [-0.15, -0.1) is 0 Å². The van der Waals surface area contributed by atoms with Gasteiger partial charge in [0.05, 0.1) is 0 Å². The third-order valence-electron chi connectivity index (χ3n) is 2.34. The molecule has 0 aromatic heterocycles. The number of para-hydroxylation sites is 1. The van der Waals surface area contributed by atoms with Crippen LogP contribution in [-0.2, 0) is 4.43 Å². The fraction of sp³-hybridized carbons (Fsp3) is 0.400. The summed E-state index contributed by atoms with van der Waals surface area (Å²) in [7, 11) is -0.781. The highest BCUT2D eigenvalue weighted by Crippen LogP contribution is 2.13. The van der Waals surface area contributed by atoms with Crippen LogP contribution in [0.15, 0.2) is 24.3 Å². The predicted octanol–water partition coefficient (Wildman–Crippen LogP) is 1.28. The van der Waals surface area contributed by atoms with E-state index in [0.717, 1.165) is 12.3 Å². The minimum absolute atomic E-state index is 0.781. The Morgan fingerprint density at radius 2 is 2.08 bits per heavy atom. The lowest BCUT2D eigenvalue weighted by Gasteiger charge is -2.21. The molecule has 0 amide bonds. The van der Waals surface area contributed by atoms with Gasteiger partial charge in [-0.2, -0.15) is 0 Å². The minimum Gasteiger partial charge on any atom is -0.412 e. The monoisotopic (exact) mass is 192 g/mol. The molecule has 0 atom stereocenters. The number of hydrogen-bond acceptors (Lipinski definition) is 2. The Balaban J connectivity index is 2.18. The molecule has 1 saturated heterocycles. The molecular formula is C10H14NOSi. The van der Waals surface area contributed by atoms with Gasteiger partial charge in [-0.05, 0) is 23.7 Å². The van der Waals surface area contributed by atoms with E-state index in [9.17, 15) is 0 Å². The maximum atomic E-state index is 5.90. The zero-order valence-corrected chi connectivity index (χ0v) is 8.62. The average Bonchev–Trinajstić information content (AvgIpc) is 2.20. The first-order valence-corrected chi connectivity index (χ1v) is 6.33. The molecule has 2 N–H and O–H groups in total. The van der Waals surface area contributed by atoms with Crippen LogP contribution in [0.25, 0.3) is 0 Å². The maximum absolute atomic E-state index is 5.90. The van der Waals surface area contributed by atoms with E-state index in [-0.39, 0.29) is 0 Å². The smallest absolute Gasteiger partial charge is 0.248 e. The standard InChI is InChI=1S/C10H14NOSi/c11-9-5-1-2-6-10(9)13-8-4-3-7-12-13/h1-2,5-6H,3-4,7-8,11H2. The molecule has 0 bridgehead atoms. The summed E-state index contributed by atoms with van der Waals surface area (Å²) in [4.78, 5) is 0. The zero-order chi connectivity index (χ0) is 9.10. The van der Waals surface area contributed by atoms with Gasteiger partial charge in [0.1, 0.15) is 0 Å². The van der Waals surface area contributed by atoms with Crippen LogP contribution in [-0.4, -0.2) is 15.6 Å². The molecule has 1 radical (unpaired) electrons. The molecule has 69 valence electrons. The van der Waals surface area contributed by atoms with Gasteiger partial charge in [-0.1, -0.05) is 24.6 Å². The van der Waals surface area contributed by atoms with E-state index < -0.39 is 9.04 Å². The predicted molar refractivity (Wildman–Crippen MR) is 56.2 cm³/mol. The normalized spacial score (nSPS) is 18.8. The Morgan fingerprint density at radius 3 is 2.77 bits per heavy atom. The summed E-state index contributed by atoms with van der Waals surface area (Å²) in [5.41, 5.74) is 6.80. The average molecular weight is 192 g/mol. The van der Waals surface area contributed by atoms with Crippen molar-refractivity contribution in [3.8, 4) is 0 Å². The van der Waals surface area contributed by atoms with Crippen LogP contribution in [0.2, 0.25) is 6.04 Å². The number of benzene rings is 1. The second kappa shape index (κ2) is 3.94. The Kier molecular flexibility index (Phi) is 2.66. The first-order valence-electron chi connectivity index (χ1n) is 4.71. The SMILES string of the molecule is Nc1ccccc1[Si]1CCCCO1. The second-order valence-corrected chi connectivity index (χ2v) is 5.49. The van der Waals surface area contributed by atoms with E-state index in [0.29, 0.717) is 0 Å². The van der Waals surface area contributed by atoms with E-state index >= 15 is 0 Å². The lowest BCUT2D eigenvalue weighted by atomic mass is 10.3. The van der Waals surface area contributed by atoms with Crippen molar-refractivity contribution in [2.75, 3.05) is 12.3 Å². The highest BCUT2D eigenvalue weighted by atomic mass is 28.3. The van der Waals surface area contributed by atoms with Gasteiger partial charge >= 0.3 is 0 Å². The van der Waals surface area contributed by atoms with Crippen molar-refractivity contribution < 1.29 is 4.43 Å². The first-order chi connectivity index (χ1) is 6.38. The van der Waals surface area contributed by atoms with Gasteiger partial charge in [0, 0.05) is 12.3 Å². The molecule has 13 heavy (non-hydrogen) atoms. The molecule has 1 fully saturated rings. The van der Waals surface area contributed by atoms with Crippen molar-refractivity contribution in [1.29, 1.82) is 0 Å². The zero-order valence-electron chi connectivity index (χ0n) is 7.62. The quantitative estimate of drug-likeness (QED) is 0.537. The van der Waals surface area contributed by atoms with Gasteiger partial charge in [-0.3, -0.25) is 0 Å². The van der Waals surface area contributed by atoms with E-state index in [1.807, 2.05) is 18.2 Å². The molecule has 1 aromatic rings. The van der Waals surface area contributed by atoms with Crippen LogP contribution in [0.3, 0.4) is 0 Å². The highest BCUT2D eigenvalue weighted by Gasteiger charge is 2.21. The van der Waals surface area contributed by atoms with Crippen molar-refractivity contribution in [2.24, 2.45) is 0 Å². The summed E-state index contributed by atoms with van der Waals surface area (Å²) < 4.78 is 5.77. The summed E-state index contributed by atoms with van der Waals surface area (Å²) in [5, 5.41) is 1.26. The molecule has 0 spiro atoms. The van der Waals surface area contributed by atoms with Crippen molar-refractivity contribution in [1.82, 2.24) is 0 Å². The topological polar surface area (TPSA) is 35.2 Å². The molecule has 1 aromatic carbocycles. The molecule has 1 aliphatic heterocycles. The third-order valence-corrected chi connectivity index (χ3v) is 4.75. The van der Waals surface area contributed by atoms with Crippen LogP contribution in [0.5, 0.6) is 0 Å². The van der Waals surface area contributed by atoms with Crippen molar-refractivity contribution in [2.45, 2.75) is 18.9 Å². The fourth-order valence-corrected chi connectivity index (χ4v) is 3.84. The summed E-state index contributed by atoms with van der Waals surface area (Å²) in [6, 6.07) is 9.30. The highest BCUT2D eigenvalue weighted by molar-refractivity contribution is 6.69. The Bertz CT molecular complexity index is 284. The molecule has 1 heterocycles. The van der Waals surface area contributed by atoms with E-state index in [2.05, 4.69) is 6.07 Å². The fourth-order valence-electron chi connectivity index (χ4n) is 1.62. The van der Waals surface area contributed by atoms with Gasteiger partial charge in [0.15, 0.2) is 0 Å². The molecule has 2 nitrogen and oxygen atoms in total. The Morgan fingerprint density at radius 1 is 1.23 bits per heavy atom. The Hall–Kier alpha value is -0.803. The Labute approximate surface area is 80.4 Å². The van der Waals surface area contributed by atoms with Crippen LogP contribution in [0.4, 0.5) is 5.69 Å². The van der Waals surface area contributed by atoms with Gasteiger partial charge in [0.25, 0.3) is 0 Å². The van der Waals surface area contributed by atoms with Crippen molar-refractivity contribution in [3.05, 3.63) is 24.3 Å². The molecular weight excluding hydrogens is 178 g/mol. The summed E-state index contributed by atoms with van der Waals surface area (Å²) in [5.74, 6) is 0. The molecule has 1 aliphatic rings. The second-order valence-electron chi connectivity index (χ2n) is 3.32. The maximum Gasteiger partial charge on any atom is 0.248 e. The third kappa shape index (κ3) is 1.92. The van der Waals surface area contributed by atoms with Crippen LogP contribution >= 0.6 is 0 Å². The number of nitrogen functional groups attached to an aromatic ring is 1. The summed E-state index contributed by atoms with van der Waals surface area (Å²) >= 11 is 0. The van der Waals surface area contributed by atoms with Crippen LogP contribution < -0.4 is 10.9 Å². The van der Waals surface area contributed by atoms with Crippen molar-refractivity contribution in [3.63, 3.8) is 0 Å². The number of anilines is 1. The minimum atomic E-state index is -0.781. The molecule has 0 unspecified atom stereocenters. The number of hydrogen-bond donors (Lipinski definition) is 1. The number of rotatable bonds is 1. The molecule has 3 heteroatoms. The molecule has 2 rings (SSSR count). The largest absolute Gasteiger partial charge is 0.412 e. The van der Waals surface area contributed by atoms with E-state index in [1.165, 1.54) is 24.1 Å².